The summed E-state index contributed by atoms with van der Waals surface area (Å²) in [5.74, 6) is -1.95. The molecular formula is C14H17ClFNO3. The first-order valence-electron chi connectivity index (χ1n) is 6.11. The van der Waals surface area contributed by atoms with Crippen molar-refractivity contribution in [2.24, 2.45) is 5.41 Å². The summed E-state index contributed by atoms with van der Waals surface area (Å²) in [4.78, 5) is 22.8. The highest BCUT2D eigenvalue weighted by molar-refractivity contribution is 6.30. The number of carbonyl (C=O) groups excluding carboxylic acids is 1. The molecule has 1 aromatic carbocycles. The van der Waals surface area contributed by atoms with Crippen LogP contribution in [0.1, 0.15) is 38.8 Å². The van der Waals surface area contributed by atoms with Crippen LogP contribution in [0.5, 0.6) is 0 Å². The number of hydrogen-bond acceptors (Lipinski definition) is 2. The molecule has 1 aromatic rings. The van der Waals surface area contributed by atoms with Gasteiger partial charge in [0.05, 0.1) is 16.5 Å². The number of hydrogen-bond donors (Lipinski definition) is 2. The van der Waals surface area contributed by atoms with Crippen molar-refractivity contribution >= 4 is 23.5 Å². The van der Waals surface area contributed by atoms with Crippen LogP contribution in [-0.2, 0) is 9.59 Å². The number of rotatable bonds is 5. The maximum atomic E-state index is 13.1. The SMILES string of the molecule is CC(NC(=O)CC(C)(C)C(=O)O)c1ccc(F)c(Cl)c1. The van der Waals surface area contributed by atoms with Crippen molar-refractivity contribution in [3.8, 4) is 0 Å². The van der Waals surface area contributed by atoms with Crippen LogP contribution < -0.4 is 5.32 Å². The minimum atomic E-state index is -1.13. The molecule has 1 unspecified atom stereocenters. The van der Waals surface area contributed by atoms with Gasteiger partial charge in [-0.2, -0.15) is 0 Å². The highest BCUT2D eigenvalue weighted by atomic mass is 35.5. The largest absolute Gasteiger partial charge is 0.481 e. The van der Waals surface area contributed by atoms with Crippen LogP contribution >= 0.6 is 11.6 Å². The molecule has 1 atom stereocenters. The molecule has 0 aliphatic heterocycles. The van der Waals surface area contributed by atoms with E-state index in [1.54, 1.807) is 6.92 Å². The van der Waals surface area contributed by atoms with Gasteiger partial charge in [-0.05, 0) is 38.5 Å². The van der Waals surface area contributed by atoms with Gasteiger partial charge in [-0.3, -0.25) is 9.59 Å². The maximum absolute atomic E-state index is 13.1. The molecule has 20 heavy (non-hydrogen) atoms. The number of halogens is 2. The first-order valence-corrected chi connectivity index (χ1v) is 6.49. The Bertz CT molecular complexity index is 531. The van der Waals surface area contributed by atoms with Gasteiger partial charge in [0.1, 0.15) is 5.82 Å². The predicted molar refractivity (Wildman–Crippen MR) is 74.0 cm³/mol. The molecule has 0 spiro atoms. The van der Waals surface area contributed by atoms with E-state index in [1.807, 2.05) is 0 Å². The molecule has 2 N–H and O–H groups in total. The predicted octanol–water partition coefficient (Wildman–Crippen LogP) is 3.16. The van der Waals surface area contributed by atoms with E-state index in [-0.39, 0.29) is 23.4 Å². The minimum Gasteiger partial charge on any atom is -0.481 e. The lowest BCUT2D eigenvalue weighted by atomic mass is 9.89. The Morgan fingerprint density at radius 2 is 2.05 bits per heavy atom. The molecule has 6 heteroatoms. The zero-order valence-electron chi connectivity index (χ0n) is 11.5. The Labute approximate surface area is 121 Å². The van der Waals surface area contributed by atoms with E-state index in [9.17, 15) is 14.0 Å². The summed E-state index contributed by atoms with van der Waals surface area (Å²) >= 11 is 5.68. The molecule has 0 saturated carbocycles. The van der Waals surface area contributed by atoms with E-state index in [1.165, 1.54) is 32.0 Å². The van der Waals surface area contributed by atoms with Crippen molar-refractivity contribution in [3.63, 3.8) is 0 Å². The fraction of sp³-hybridized carbons (Fsp3) is 0.429. The molecule has 0 heterocycles. The van der Waals surface area contributed by atoms with Crippen LogP contribution in [-0.4, -0.2) is 17.0 Å². The van der Waals surface area contributed by atoms with E-state index in [4.69, 9.17) is 16.7 Å². The summed E-state index contributed by atoms with van der Waals surface area (Å²) < 4.78 is 13.1. The van der Waals surface area contributed by atoms with Crippen LogP contribution in [0.15, 0.2) is 18.2 Å². The van der Waals surface area contributed by atoms with Crippen molar-refractivity contribution in [2.45, 2.75) is 33.2 Å². The van der Waals surface area contributed by atoms with Crippen molar-refractivity contribution < 1.29 is 19.1 Å². The van der Waals surface area contributed by atoms with Crippen molar-refractivity contribution in [1.29, 1.82) is 0 Å². The monoisotopic (exact) mass is 301 g/mol. The summed E-state index contributed by atoms with van der Waals surface area (Å²) in [7, 11) is 0. The Kier molecular flexibility index (Phi) is 5.11. The van der Waals surface area contributed by atoms with Gasteiger partial charge >= 0.3 is 5.97 Å². The quantitative estimate of drug-likeness (QED) is 0.878. The molecule has 1 rings (SSSR count). The Morgan fingerprint density at radius 1 is 1.45 bits per heavy atom. The van der Waals surface area contributed by atoms with Crippen LogP contribution in [0.4, 0.5) is 4.39 Å². The average molecular weight is 302 g/mol. The van der Waals surface area contributed by atoms with Gasteiger partial charge in [0.2, 0.25) is 5.91 Å². The van der Waals surface area contributed by atoms with E-state index in [2.05, 4.69) is 5.32 Å². The van der Waals surface area contributed by atoms with Crippen LogP contribution in [0.3, 0.4) is 0 Å². The van der Waals surface area contributed by atoms with E-state index >= 15 is 0 Å². The maximum Gasteiger partial charge on any atom is 0.309 e. The second kappa shape index (κ2) is 6.22. The lowest BCUT2D eigenvalue weighted by Crippen LogP contribution is -2.34. The summed E-state index contributed by atoms with van der Waals surface area (Å²) in [6.07, 6.45) is -0.137. The van der Waals surface area contributed by atoms with Gasteiger partial charge in [-0.25, -0.2) is 4.39 Å². The van der Waals surface area contributed by atoms with Crippen molar-refractivity contribution in [3.05, 3.63) is 34.6 Å². The van der Waals surface area contributed by atoms with E-state index in [0.29, 0.717) is 5.56 Å². The van der Waals surface area contributed by atoms with Crippen molar-refractivity contribution in [1.82, 2.24) is 5.32 Å². The summed E-state index contributed by atoms with van der Waals surface area (Å²) in [5.41, 5.74) is -0.484. The molecule has 0 aliphatic carbocycles. The second-order valence-electron chi connectivity index (χ2n) is 5.33. The fourth-order valence-corrected chi connectivity index (χ4v) is 1.82. The zero-order chi connectivity index (χ0) is 15.5. The molecule has 0 aromatic heterocycles. The van der Waals surface area contributed by atoms with Gasteiger partial charge in [-0.15, -0.1) is 0 Å². The van der Waals surface area contributed by atoms with Crippen LogP contribution in [0, 0.1) is 11.2 Å². The highest BCUT2D eigenvalue weighted by Gasteiger charge is 2.30. The lowest BCUT2D eigenvalue weighted by Gasteiger charge is -2.21. The number of carboxylic acid groups (broad SMARTS) is 1. The third kappa shape index (κ3) is 4.20. The topological polar surface area (TPSA) is 66.4 Å². The van der Waals surface area contributed by atoms with Crippen LogP contribution in [0.25, 0.3) is 0 Å². The van der Waals surface area contributed by atoms with Gasteiger partial charge in [0.25, 0.3) is 0 Å². The fourth-order valence-electron chi connectivity index (χ4n) is 1.63. The zero-order valence-corrected chi connectivity index (χ0v) is 12.3. The molecule has 0 bridgehead atoms. The summed E-state index contributed by atoms with van der Waals surface area (Å²) in [6, 6.07) is 3.80. The summed E-state index contributed by atoms with van der Waals surface area (Å²) in [6.45, 7) is 4.68. The Balaban J connectivity index is 2.70. The van der Waals surface area contributed by atoms with Gasteiger partial charge in [-0.1, -0.05) is 17.7 Å². The molecule has 0 saturated heterocycles. The Hall–Kier alpha value is -1.62. The number of aliphatic carboxylic acids is 1. The highest BCUT2D eigenvalue weighted by Crippen LogP contribution is 2.23. The number of benzene rings is 1. The molecule has 0 radical (unpaired) electrons. The molecule has 4 nitrogen and oxygen atoms in total. The molecular weight excluding hydrogens is 285 g/mol. The standard InChI is InChI=1S/C14H17ClFNO3/c1-8(9-4-5-11(16)10(15)6-9)17-12(18)7-14(2,3)13(19)20/h4-6,8H,7H2,1-3H3,(H,17,18)(H,19,20). The lowest BCUT2D eigenvalue weighted by molar-refractivity contribution is -0.149. The smallest absolute Gasteiger partial charge is 0.309 e. The van der Waals surface area contributed by atoms with E-state index < -0.39 is 17.2 Å². The third-order valence-electron chi connectivity index (χ3n) is 3.00. The van der Waals surface area contributed by atoms with Crippen molar-refractivity contribution in [2.75, 3.05) is 0 Å². The van der Waals surface area contributed by atoms with Crippen LogP contribution in [0.2, 0.25) is 5.02 Å². The number of amides is 1. The number of carboxylic acids is 1. The number of nitrogens with one attached hydrogen (secondary N) is 1. The van der Waals surface area contributed by atoms with Gasteiger partial charge in [0.15, 0.2) is 0 Å². The minimum absolute atomic E-state index is 0.0190. The van der Waals surface area contributed by atoms with Gasteiger partial charge in [0, 0.05) is 6.42 Å². The normalized spacial score (nSPS) is 12.8. The van der Waals surface area contributed by atoms with Gasteiger partial charge < -0.3 is 10.4 Å². The molecule has 110 valence electrons. The summed E-state index contributed by atoms with van der Waals surface area (Å²) in [5, 5.41) is 11.6. The molecule has 0 aliphatic rings. The number of carbonyl (C=O) groups is 2. The first-order chi connectivity index (χ1) is 9.13. The first kappa shape index (κ1) is 16.4. The molecule has 0 fully saturated rings. The Morgan fingerprint density at radius 3 is 2.55 bits per heavy atom. The molecule has 1 amide bonds. The average Bonchev–Trinajstić information content (AvgIpc) is 2.31. The second-order valence-corrected chi connectivity index (χ2v) is 5.74. The van der Waals surface area contributed by atoms with E-state index in [0.717, 1.165) is 0 Å². The third-order valence-corrected chi connectivity index (χ3v) is 3.29.